The van der Waals surface area contributed by atoms with Crippen molar-refractivity contribution in [2.45, 2.75) is 32.7 Å². The lowest BCUT2D eigenvalue weighted by atomic mass is 10.1. The molecule has 1 aromatic carbocycles. The summed E-state index contributed by atoms with van der Waals surface area (Å²) < 4.78 is 4.54. The highest BCUT2D eigenvalue weighted by Crippen LogP contribution is 2.10. The summed E-state index contributed by atoms with van der Waals surface area (Å²) >= 11 is 0. The molecule has 0 fully saturated rings. The molecule has 0 aromatic heterocycles. The number of esters is 1. The SMILES string of the molecule is COC(=O)CC(C)NC(=O)Cc1ccc(NC(C)=O)cc1. The molecule has 21 heavy (non-hydrogen) atoms. The van der Waals surface area contributed by atoms with Crippen molar-refractivity contribution in [3.05, 3.63) is 29.8 Å². The molecule has 6 heteroatoms. The summed E-state index contributed by atoms with van der Waals surface area (Å²) in [6.45, 7) is 3.18. The van der Waals surface area contributed by atoms with Crippen LogP contribution in [0.1, 0.15) is 25.8 Å². The molecule has 0 saturated carbocycles. The third-order valence-corrected chi connectivity index (χ3v) is 2.75. The topological polar surface area (TPSA) is 84.5 Å². The Morgan fingerprint density at radius 1 is 1.19 bits per heavy atom. The van der Waals surface area contributed by atoms with Gasteiger partial charge in [-0.15, -0.1) is 0 Å². The lowest BCUT2D eigenvalue weighted by Gasteiger charge is -2.12. The lowest BCUT2D eigenvalue weighted by molar-refractivity contribution is -0.141. The van der Waals surface area contributed by atoms with E-state index in [9.17, 15) is 14.4 Å². The lowest BCUT2D eigenvalue weighted by Crippen LogP contribution is -2.35. The number of methoxy groups -OCH3 is 1. The number of ether oxygens (including phenoxy) is 1. The van der Waals surface area contributed by atoms with E-state index in [1.165, 1.54) is 14.0 Å². The molecular formula is C15H20N2O4. The summed E-state index contributed by atoms with van der Waals surface area (Å²) in [4.78, 5) is 33.8. The van der Waals surface area contributed by atoms with Gasteiger partial charge in [0.1, 0.15) is 0 Å². The first-order valence-corrected chi connectivity index (χ1v) is 6.63. The Kier molecular flexibility index (Phi) is 6.39. The van der Waals surface area contributed by atoms with Gasteiger partial charge in [-0.1, -0.05) is 12.1 Å². The van der Waals surface area contributed by atoms with E-state index in [-0.39, 0.29) is 36.7 Å². The van der Waals surface area contributed by atoms with Crippen molar-refractivity contribution >= 4 is 23.5 Å². The molecular weight excluding hydrogens is 272 g/mol. The quantitative estimate of drug-likeness (QED) is 0.773. The third-order valence-electron chi connectivity index (χ3n) is 2.75. The van der Waals surface area contributed by atoms with Crippen LogP contribution in [0, 0.1) is 0 Å². The number of benzene rings is 1. The van der Waals surface area contributed by atoms with E-state index in [2.05, 4.69) is 15.4 Å². The average molecular weight is 292 g/mol. The van der Waals surface area contributed by atoms with E-state index in [4.69, 9.17) is 0 Å². The highest BCUT2D eigenvalue weighted by Gasteiger charge is 2.12. The maximum atomic E-state index is 11.8. The Morgan fingerprint density at radius 2 is 1.81 bits per heavy atom. The van der Waals surface area contributed by atoms with Gasteiger partial charge in [0.2, 0.25) is 11.8 Å². The molecule has 0 heterocycles. The van der Waals surface area contributed by atoms with Crippen LogP contribution in [0.15, 0.2) is 24.3 Å². The van der Waals surface area contributed by atoms with Gasteiger partial charge in [-0.3, -0.25) is 14.4 Å². The van der Waals surface area contributed by atoms with Gasteiger partial charge < -0.3 is 15.4 Å². The maximum Gasteiger partial charge on any atom is 0.307 e. The molecule has 0 aliphatic carbocycles. The summed E-state index contributed by atoms with van der Waals surface area (Å²) in [7, 11) is 1.31. The van der Waals surface area contributed by atoms with Gasteiger partial charge in [0.15, 0.2) is 0 Å². The molecule has 0 aliphatic rings. The van der Waals surface area contributed by atoms with Crippen molar-refractivity contribution in [3.8, 4) is 0 Å². The van der Waals surface area contributed by atoms with Gasteiger partial charge >= 0.3 is 5.97 Å². The predicted molar refractivity (Wildman–Crippen MR) is 78.7 cm³/mol. The number of anilines is 1. The summed E-state index contributed by atoms with van der Waals surface area (Å²) in [6.07, 6.45) is 0.357. The van der Waals surface area contributed by atoms with E-state index in [0.29, 0.717) is 5.69 Å². The Hall–Kier alpha value is -2.37. The fourth-order valence-corrected chi connectivity index (χ4v) is 1.80. The van der Waals surface area contributed by atoms with Crippen molar-refractivity contribution in [2.24, 2.45) is 0 Å². The zero-order valence-electron chi connectivity index (χ0n) is 12.4. The second-order valence-electron chi connectivity index (χ2n) is 4.80. The molecule has 2 amide bonds. The summed E-state index contributed by atoms with van der Waals surface area (Å²) in [6, 6.07) is 6.75. The van der Waals surface area contributed by atoms with Crippen LogP contribution in [0.4, 0.5) is 5.69 Å². The summed E-state index contributed by atoms with van der Waals surface area (Å²) in [5.41, 5.74) is 1.51. The van der Waals surface area contributed by atoms with Gasteiger partial charge in [0, 0.05) is 18.7 Å². The van der Waals surface area contributed by atoms with Crippen LogP contribution in [-0.4, -0.2) is 30.9 Å². The number of carbonyl (C=O) groups excluding carboxylic acids is 3. The first-order chi connectivity index (χ1) is 9.90. The van der Waals surface area contributed by atoms with Gasteiger partial charge in [-0.2, -0.15) is 0 Å². The van der Waals surface area contributed by atoms with Gasteiger partial charge in [0.05, 0.1) is 20.0 Å². The molecule has 0 aliphatic heterocycles. The zero-order valence-corrected chi connectivity index (χ0v) is 12.4. The minimum absolute atomic E-state index is 0.142. The predicted octanol–water partition coefficient (Wildman–Crippen LogP) is 1.26. The number of amides is 2. The molecule has 2 N–H and O–H groups in total. The molecule has 0 saturated heterocycles. The number of nitrogens with one attached hydrogen (secondary N) is 2. The number of hydrogen-bond donors (Lipinski definition) is 2. The number of carbonyl (C=O) groups is 3. The molecule has 0 bridgehead atoms. The van der Waals surface area contributed by atoms with Crippen molar-refractivity contribution in [1.29, 1.82) is 0 Å². The van der Waals surface area contributed by atoms with Crippen LogP contribution in [0.5, 0.6) is 0 Å². The Morgan fingerprint density at radius 3 is 2.33 bits per heavy atom. The standard InChI is InChI=1S/C15H20N2O4/c1-10(8-15(20)21-3)16-14(19)9-12-4-6-13(7-5-12)17-11(2)18/h4-7,10H,8-9H2,1-3H3,(H,16,19)(H,17,18). The largest absolute Gasteiger partial charge is 0.469 e. The molecule has 6 nitrogen and oxygen atoms in total. The molecule has 1 aromatic rings. The highest BCUT2D eigenvalue weighted by molar-refractivity contribution is 5.88. The number of rotatable bonds is 6. The zero-order chi connectivity index (χ0) is 15.8. The van der Waals surface area contributed by atoms with Gasteiger partial charge in [-0.05, 0) is 24.6 Å². The molecule has 0 spiro atoms. The van der Waals surface area contributed by atoms with E-state index >= 15 is 0 Å². The van der Waals surface area contributed by atoms with Crippen LogP contribution in [0.25, 0.3) is 0 Å². The van der Waals surface area contributed by atoms with E-state index in [0.717, 1.165) is 5.56 Å². The fraction of sp³-hybridized carbons (Fsp3) is 0.400. The first-order valence-electron chi connectivity index (χ1n) is 6.63. The molecule has 1 atom stereocenters. The molecule has 0 radical (unpaired) electrons. The maximum absolute atomic E-state index is 11.8. The minimum atomic E-state index is -0.359. The number of hydrogen-bond acceptors (Lipinski definition) is 4. The van der Waals surface area contributed by atoms with Crippen LogP contribution in [-0.2, 0) is 25.5 Å². The Labute approximate surface area is 123 Å². The van der Waals surface area contributed by atoms with Gasteiger partial charge in [-0.25, -0.2) is 0 Å². The normalized spacial score (nSPS) is 11.4. The smallest absolute Gasteiger partial charge is 0.307 e. The van der Waals surface area contributed by atoms with Crippen LogP contribution >= 0.6 is 0 Å². The Balaban J connectivity index is 2.47. The average Bonchev–Trinajstić information content (AvgIpc) is 2.39. The van der Waals surface area contributed by atoms with Crippen molar-refractivity contribution in [2.75, 3.05) is 12.4 Å². The third kappa shape index (κ3) is 6.56. The van der Waals surface area contributed by atoms with Crippen molar-refractivity contribution in [3.63, 3.8) is 0 Å². The summed E-state index contributed by atoms with van der Waals surface area (Å²) in [5, 5.41) is 5.39. The Bertz CT molecular complexity index is 511. The van der Waals surface area contributed by atoms with Crippen LogP contribution in [0.2, 0.25) is 0 Å². The highest BCUT2D eigenvalue weighted by atomic mass is 16.5. The second-order valence-corrected chi connectivity index (χ2v) is 4.80. The van der Waals surface area contributed by atoms with E-state index < -0.39 is 0 Å². The van der Waals surface area contributed by atoms with Crippen molar-refractivity contribution < 1.29 is 19.1 Å². The summed E-state index contributed by atoms with van der Waals surface area (Å²) in [5.74, 6) is -0.668. The van der Waals surface area contributed by atoms with Crippen molar-refractivity contribution in [1.82, 2.24) is 5.32 Å². The molecule has 1 rings (SSSR count). The minimum Gasteiger partial charge on any atom is -0.469 e. The second kappa shape index (κ2) is 8.04. The first kappa shape index (κ1) is 16.7. The van der Waals surface area contributed by atoms with Crippen LogP contribution in [0.3, 0.4) is 0 Å². The van der Waals surface area contributed by atoms with E-state index in [1.807, 2.05) is 0 Å². The molecule has 1 unspecified atom stereocenters. The molecule has 114 valence electrons. The van der Waals surface area contributed by atoms with E-state index in [1.54, 1.807) is 31.2 Å². The fourth-order valence-electron chi connectivity index (χ4n) is 1.80. The van der Waals surface area contributed by atoms with Crippen LogP contribution < -0.4 is 10.6 Å². The monoisotopic (exact) mass is 292 g/mol. The van der Waals surface area contributed by atoms with Gasteiger partial charge in [0.25, 0.3) is 0 Å².